The lowest BCUT2D eigenvalue weighted by Crippen LogP contribution is -2.40. The summed E-state index contributed by atoms with van der Waals surface area (Å²) in [4.78, 5) is 26.3. The maximum atomic E-state index is 12.0. The molecule has 1 aliphatic carbocycles. The standard InChI is InChI=1S/C18H24BrN2O2/c1-3-7-20(8-4-2)14-5-6-15-12(10-14)9-13-11-16(22)21(23)18(13)17(15)19/h9,14H,3-8,10-11H2,1-2H3/q+1. The Labute approximate surface area is 145 Å². The van der Waals surface area contributed by atoms with Crippen LogP contribution in [0.3, 0.4) is 0 Å². The molecule has 4 nitrogen and oxygen atoms in total. The predicted molar refractivity (Wildman–Crippen MR) is 94.1 cm³/mol. The molecular formula is C18H24BrN2O2+. The zero-order valence-corrected chi connectivity index (χ0v) is 15.5. The van der Waals surface area contributed by atoms with E-state index in [4.69, 9.17) is 0 Å². The molecule has 5 heteroatoms. The van der Waals surface area contributed by atoms with Gasteiger partial charge in [-0.1, -0.05) is 13.8 Å². The molecule has 0 aromatic heterocycles. The Kier molecular flexibility index (Phi) is 4.97. The molecule has 124 valence electrons. The first-order valence-electron chi connectivity index (χ1n) is 8.64. The minimum absolute atomic E-state index is 0.239. The summed E-state index contributed by atoms with van der Waals surface area (Å²) in [5, 5.41) is 0. The van der Waals surface area contributed by atoms with Crippen LogP contribution >= 0.6 is 15.9 Å². The summed E-state index contributed by atoms with van der Waals surface area (Å²) in [6, 6.07) is 2.68. The fourth-order valence-corrected chi connectivity index (χ4v) is 4.86. The van der Waals surface area contributed by atoms with E-state index in [-0.39, 0.29) is 12.3 Å². The van der Waals surface area contributed by atoms with Gasteiger partial charge < -0.3 is 4.90 Å². The maximum Gasteiger partial charge on any atom is 0.444 e. The molecule has 3 rings (SSSR count). The molecule has 1 aliphatic heterocycles. The highest BCUT2D eigenvalue weighted by Crippen LogP contribution is 2.41. The third-order valence-corrected chi connectivity index (χ3v) is 5.86. The third kappa shape index (κ3) is 3.01. The maximum absolute atomic E-state index is 12.0. The average Bonchev–Trinajstić information content (AvgIpc) is 2.81. The molecule has 0 spiro atoms. The van der Waals surface area contributed by atoms with Crippen LogP contribution in [-0.2, 0) is 24.1 Å². The average molecular weight is 380 g/mol. The van der Waals surface area contributed by atoms with Crippen LogP contribution in [-0.4, -0.2) is 34.7 Å². The number of hydrogen-bond acceptors (Lipinski definition) is 3. The molecule has 1 heterocycles. The molecule has 1 aromatic carbocycles. The van der Waals surface area contributed by atoms with Gasteiger partial charge in [0.2, 0.25) is 0 Å². The molecular weight excluding hydrogens is 356 g/mol. The van der Waals surface area contributed by atoms with Crippen molar-refractivity contribution in [3.8, 4) is 0 Å². The lowest BCUT2D eigenvalue weighted by atomic mass is 9.85. The Morgan fingerprint density at radius 2 is 1.96 bits per heavy atom. The van der Waals surface area contributed by atoms with Crippen molar-refractivity contribution < 1.29 is 9.55 Å². The minimum atomic E-state index is -0.349. The molecule has 1 atom stereocenters. The van der Waals surface area contributed by atoms with Crippen molar-refractivity contribution in [3.05, 3.63) is 32.1 Å². The number of fused-ring (bicyclic) bond motifs is 2. The van der Waals surface area contributed by atoms with E-state index in [2.05, 4.69) is 40.7 Å². The van der Waals surface area contributed by atoms with E-state index in [1.165, 1.54) is 24.0 Å². The summed E-state index contributed by atoms with van der Waals surface area (Å²) < 4.78 is 1.41. The zero-order chi connectivity index (χ0) is 16.6. The second-order valence-electron chi connectivity index (χ2n) is 6.63. The van der Waals surface area contributed by atoms with Gasteiger partial charge in [0.15, 0.2) is 0 Å². The fraction of sp³-hybridized carbons (Fsp3) is 0.611. The van der Waals surface area contributed by atoms with E-state index in [1.807, 2.05) is 0 Å². The molecule has 23 heavy (non-hydrogen) atoms. The highest BCUT2D eigenvalue weighted by Gasteiger charge is 2.42. The van der Waals surface area contributed by atoms with E-state index in [0.717, 1.165) is 42.4 Å². The van der Waals surface area contributed by atoms with Gasteiger partial charge in [-0.15, -0.1) is 0 Å². The van der Waals surface area contributed by atoms with E-state index in [9.17, 15) is 9.70 Å². The van der Waals surface area contributed by atoms with Crippen molar-refractivity contribution >= 4 is 27.5 Å². The van der Waals surface area contributed by atoms with Crippen LogP contribution in [0.25, 0.3) is 0 Å². The summed E-state index contributed by atoms with van der Waals surface area (Å²) in [5.74, 6) is -0.349. The van der Waals surface area contributed by atoms with Crippen LogP contribution in [0.5, 0.6) is 0 Å². The topological polar surface area (TPSA) is 40.4 Å². The van der Waals surface area contributed by atoms with Crippen LogP contribution in [0.4, 0.5) is 5.69 Å². The summed E-state index contributed by atoms with van der Waals surface area (Å²) >= 11 is 3.60. The first kappa shape index (κ1) is 16.8. The van der Waals surface area contributed by atoms with Gasteiger partial charge in [-0.05, 0) is 78.3 Å². The molecule has 1 unspecified atom stereocenters. The quantitative estimate of drug-likeness (QED) is 0.727. The second kappa shape index (κ2) is 6.81. The van der Waals surface area contributed by atoms with Gasteiger partial charge >= 0.3 is 5.91 Å². The molecule has 1 aromatic rings. The van der Waals surface area contributed by atoms with Crippen molar-refractivity contribution in [3.63, 3.8) is 0 Å². The van der Waals surface area contributed by atoms with E-state index in [0.29, 0.717) is 16.5 Å². The van der Waals surface area contributed by atoms with Crippen molar-refractivity contribution in [2.45, 2.75) is 58.4 Å². The van der Waals surface area contributed by atoms with E-state index >= 15 is 0 Å². The third-order valence-electron chi connectivity index (χ3n) is 5.01. The lowest BCUT2D eigenvalue weighted by Gasteiger charge is -2.35. The highest BCUT2D eigenvalue weighted by molar-refractivity contribution is 9.10. The smallest absolute Gasteiger partial charge is 0.300 e. The van der Waals surface area contributed by atoms with Gasteiger partial charge in [0.25, 0.3) is 5.69 Å². The number of hydrogen-bond donors (Lipinski definition) is 0. The number of nitrogens with zero attached hydrogens (tertiary/aromatic N) is 2. The summed E-state index contributed by atoms with van der Waals surface area (Å²) in [6.07, 6.45) is 5.71. The zero-order valence-electron chi connectivity index (χ0n) is 13.9. The van der Waals surface area contributed by atoms with Crippen LogP contribution in [0, 0.1) is 4.91 Å². The molecule has 0 radical (unpaired) electrons. The van der Waals surface area contributed by atoms with Gasteiger partial charge in [-0.3, -0.25) is 0 Å². The van der Waals surface area contributed by atoms with Crippen LogP contribution in [0.1, 0.15) is 49.8 Å². The Bertz CT molecular complexity index is 651. The Balaban J connectivity index is 1.90. The second-order valence-corrected chi connectivity index (χ2v) is 7.43. The van der Waals surface area contributed by atoms with Gasteiger partial charge in [-0.25, -0.2) is 4.79 Å². The monoisotopic (exact) mass is 379 g/mol. The van der Waals surface area contributed by atoms with Gasteiger partial charge in [0, 0.05) is 16.5 Å². The molecule has 2 aliphatic rings. The van der Waals surface area contributed by atoms with Gasteiger partial charge in [0.1, 0.15) is 11.2 Å². The number of nitroso groups, excluding NO2 is 1. The first-order chi connectivity index (χ1) is 11.1. The SMILES string of the molecule is CCCN(CCC)C1CCc2c(cc3c(c2Br)[N+](=O)C(=O)C3)C1. The van der Waals surface area contributed by atoms with Crippen molar-refractivity contribution in [2.75, 3.05) is 13.1 Å². The molecule has 0 fully saturated rings. The van der Waals surface area contributed by atoms with Crippen LogP contribution in [0.15, 0.2) is 10.5 Å². The summed E-state index contributed by atoms with van der Waals surface area (Å²) in [5.41, 5.74) is 3.97. The largest absolute Gasteiger partial charge is 0.444 e. The molecule has 0 saturated heterocycles. The summed E-state index contributed by atoms with van der Waals surface area (Å²) in [7, 11) is 0. The normalized spacial score (nSPS) is 20.1. The highest BCUT2D eigenvalue weighted by atomic mass is 79.9. The van der Waals surface area contributed by atoms with Crippen LogP contribution in [0.2, 0.25) is 0 Å². The number of amides is 1. The molecule has 0 bridgehead atoms. The Morgan fingerprint density at radius 1 is 1.26 bits per heavy atom. The van der Waals surface area contributed by atoms with E-state index in [1.54, 1.807) is 0 Å². The number of halogens is 1. The molecule has 1 amide bonds. The number of benzene rings is 1. The summed E-state index contributed by atoms with van der Waals surface area (Å²) in [6.45, 7) is 6.76. The number of carbonyl (C=O) groups is 1. The number of rotatable bonds is 5. The Hall–Kier alpha value is -1.07. The van der Waals surface area contributed by atoms with Crippen molar-refractivity contribution in [1.82, 2.24) is 4.90 Å². The van der Waals surface area contributed by atoms with Gasteiger partial charge in [-0.2, -0.15) is 0 Å². The molecule has 0 N–H and O–H groups in total. The van der Waals surface area contributed by atoms with Crippen LogP contribution < -0.4 is 0 Å². The van der Waals surface area contributed by atoms with Crippen molar-refractivity contribution in [1.29, 1.82) is 0 Å². The van der Waals surface area contributed by atoms with E-state index < -0.39 is 0 Å². The first-order valence-corrected chi connectivity index (χ1v) is 9.43. The van der Waals surface area contributed by atoms with Gasteiger partial charge in [0.05, 0.1) is 4.47 Å². The number of carbonyl (C=O) groups excluding carboxylic acids is 1. The minimum Gasteiger partial charge on any atom is -0.300 e. The fourth-order valence-electron chi connectivity index (χ4n) is 3.99. The molecule has 0 saturated carbocycles. The predicted octanol–water partition coefficient (Wildman–Crippen LogP) is 3.92. The van der Waals surface area contributed by atoms with Crippen molar-refractivity contribution in [2.24, 2.45) is 0 Å². The lowest BCUT2D eigenvalue weighted by molar-refractivity contribution is -0.380. The Morgan fingerprint density at radius 3 is 2.61 bits per heavy atom.